The first-order chi connectivity index (χ1) is 15.9. The van der Waals surface area contributed by atoms with Crippen molar-refractivity contribution in [3.63, 3.8) is 0 Å². The van der Waals surface area contributed by atoms with Gasteiger partial charge in [0.05, 0.1) is 0 Å². The maximum absolute atomic E-state index is 2.39. The molecule has 0 bridgehead atoms. The minimum absolute atomic E-state index is 1.33. The zero-order valence-corrected chi connectivity index (χ0v) is 17.2. The van der Waals surface area contributed by atoms with E-state index in [1.807, 2.05) is 0 Å². The summed E-state index contributed by atoms with van der Waals surface area (Å²) >= 11 is 0. The maximum atomic E-state index is 2.39. The first-order valence-electron chi connectivity index (χ1n) is 11.3. The predicted molar refractivity (Wildman–Crippen MR) is 140 cm³/mol. The Morgan fingerprint density at radius 2 is 0.719 bits per heavy atom. The molecule has 144 valence electrons. The van der Waals surface area contributed by atoms with Crippen molar-refractivity contribution < 1.29 is 0 Å². The molecule has 0 N–H and O–H groups in total. The van der Waals surface area contributed by atoms with Crippen molar-refractivity contribution in [1.29, 1.82) is 0 Å². The minimum Gasteiger partial charge on any atom is -0.0616 e. The molecule has 0 saturated heterocycles. The summed E-state index contributed by atoms with van der Waals surface area (Å²) in [7, 11) is 0. The van der Waals surface area contributed by atoms with E-state index in [2.05, 4.69) is 97.1 Å². The van der Waals surface area contributed by atoms with E-state index in [0.717, 1.165) is 0 Å². The summed E-state index contributed by atoms with van der Waals surface area (Å²) in [5.74, 6) is 0. The van der Waals surface area contributed by atoms with Crippen LogP contribution < -0.4 is 0 Å². The Labute approximate surface area is 183 Å². The fourth-order valence-corrected chi connectivity index (χ4v) is 6.73. The summed E-state index contributed by atoms with van der Waals surface area (Å²) in [6.07, 6.45) is 0. The summed E-state index contributed by atoms with van der Waals surface area (Å²) in [5.41, 5.74) is 0. The molecule has 0 aliphatic carbocycles. The van der Waals surface area contributed by atoms with Crippen molar-refractivity contribution in [3.8, 4) is 0 Å². The van der Waals surface area contributed by atoms with Gasteiger partial charge in [-0.3, -0.25) is 0 Å². The monoisotopic (exact) mass is 400 g/mol. The number of fused-ring (bicyclic) bond motifs is 5. The van der Waals surface area contributed by atoms with Crippen LogP contribution in [0, 0.1) is 0 Å². The fraction of sp³-hybridized carbons (Fsp3) is 0. The highest BCUT2D eigenvalue weighted by Gasteiger charge is 2.23. The minimum atomic E-state index is 1.33. The standard InChI is InChI=1S/C32H16/c1-2-9-21-20(8-1)22-11-5-12-24-23-10-4-7-18-16-19-15-14-17-6-3-13-25-26(17)28(19)31(27(18)23)32(29(22)24)30(21)25/h1-16H. The van der Waals surface area contributed by atoms with E-state index in [9.17, 15) is 0 Å². The van der Waals surface area contributed by atoms with Crippen molar-refractivity contribution in [1.82, 2.24) is 0 Å². The van der Waals surface area contributed by atoms with Gasteiger partial charge in [-0.25, -0.2) is 0 Å². The largest absolute Gasteiger partial charge is 0.0616 e. The average Bonchev–Trinajstić information content (AvgIpc) is 2.86. The quantitative estimate of drug-likeness (QED) is 0.176. The molecule has 0 aliphatic heterocycles. The van der Waals surface area contributed by atoms with Gasteiger partial charge in [0.25, 0.3) is 0 Å². The third-order valence-corrected chi connectivity index (χ3v) is 7.85. The summed E-state index contributed by atoms with van der Waals surface area (Å²) < 4.78 is 0. The first kappa shape index (κ1) is 15.6. The Balaban J connectivity index is 1.88. The molecular formula is C32H16. The van der Waals surface area contributed by atoms with Crippen LogP contribution in [0.3, 0.4) is 0 Å². The molecule has 0 spiro atoms. The lowest BCUT2D eigenvalue weighted by Gasteiger charge is -2.23. The van der Waals surface area contributed by atoms with Gasteiger partial charge in [0.1, 0.15) is 0 Å². The van der Waals surface area contributed by atoms with E-state index in [1.165, 1.54) is 86.2 Å². The molecule has 0 aromatic heterocycles. The average molecular weight is 400 g/mol. The molecule has 0 fully saturated rings. The summed E-state index contributed by atoms with van der Waals surface area (Å²) in [6.45, 7) is 0. The lowest BCUT2D eigenvalue weighted by molar-refractivity contribution is 1.80. The summed E-state index contributed by atoms with van der Waals surface area (Å²) in [5, 5.41) is 22.2. The molecule has 0 heteroatoms. The fourth-order valence-electron chi connectivity index (χ4n) is 6.73. The topological polar surface area (TPSA) is 0 Å². The molecule has 32 heavy (non-hydrogen) atoms. The molecule has 9 aromatic rings. The predicted octanol–water partition coefficient (Wildman–Crippen LogP) is 9.23. The Morgan fingerprint density at radius 1 is 0.250 bits per heavy atom. The van der Waals surface area contributed by atoms with Gasteiger partial charge in [-0.2, -0.15) is 0 Å². The second-order valence-corrected chi connectivity index (χ2v) is 9.25. The molecule has 0 heterocycles. The van der Waals surface area contributed by atoms with Crippen LogP contribution in [0.15, 0.2) is 97.1 Å². The second kappa shape index (κ2) is 5.00. The van der Waals surface area contributed by atoms with Crippen LogP contribution in [0.1, 0.15) is 0 Å². The lowest BCUT2D eigenvalue weighted by Crippen LogP contribution is -1.94. The van der Waals surface area contributed by atoms with Gasteiger partial charge in [0.15, 0.2) is 0 Å². The summed E-state index contributed by atoms with van der Waals surface area (Å²) in [4.78, 5) is 0. The van der Waals surface area contributed by atoms with Gasteiger partial charge in [-0.1, -0.05) is 91.0 Å². The third-order valence-electron chi connectivity index (χ3n) is 7.85. The van der Waals surface area contributed by atoms with Crippen molar-refractivity contribution in [3.05, 3.63) is 97.1 Å². The SMILES string of the molecule is c1ccc2c(c1)c1cccc3c4cccc5cc6ccc7cccc8c7c6c(c54)c(c13)c28. The maximum Gasteiger partial charge on any atom is -0.0000937 e. The molecule has 0 aliphatic rings. The van der Waals surface area contributed by atoms with E-state index in [4.69, 9.17) is 0 Å². The van der Waals surface area contributed by atoms with Crippen LogP contribution in [0.25, 0.3) is 86.2 Å². The van der Waals surface area contributed by atoms with Crippen LogP contribution in [-0.2, 0) is 0 Å². The zero-order chi connectivity index (χ0) is 20.6. The molecule has 0 amide bonds. The van der Waals surface area contributed by atoms with E-state index in [1.54, 1.807) is 0 Å². The Bertz CT molecular complexity index is 2180. The van der Waals surface area contributed by atoms with Gasteiger partial charge in [-0.15, -0.1) is 0 Å². The molecule has 9 rings (SSSR count). The number of benzene rings is 9. The Morgan fingerprint density at radius 3 is 1.56 bits per heavy atom. The zero-order valence-electron chi connectivity index (χ0n) is 17.2. The molecule has 0 radical (unpaired) electrons. The molecular weight excluding hydrogens is 384 g/mol. The smallest absolute Gasteiger partial charge is 0.0000937 e. The van der Waals surface area contributed by atoms with Crippen LogP contribution >= 0.6 is 0 Å². The number of hydrogen-bond acceptors (Lipinski definition) is 0. The molecule has 0 atom stereocenters. The van der Waals surface area contributed by atoms with Crippen molar-refractivity contribution in [2.24, 2.45) is 0 Å². The number of rotatable bonds is 0. The van der Waals surface area contributed by atoms with E-state index >= 15 is 0 Å². The van der Waals surface area contributed by atoms with Gasteiger partial charge in [-0.05, 0) is 92.2 Å². The molecule has 0 nitrogen and oxygen atoms in total. The summed E-state index contributed by atoms with van der Waals surface area (Å²) in [6, 6.07) is 36.5. The van der Waals surface area contributed by atoms with Gasteiger partial charge >= 0.3 is 0 Å². The number of hydrogen-bond donors (Lipinski definition) is 0. The molecule has 0 unspecified atom stereocenters. The normalized spacial score (nSPS) is 13.0. The van der Waals surface area contributed by atoms with Crippen LogP contribution in [0.5, 0.6) is 0 Å². The second-order valence-electron chi connectivity index (χ2n) is 9.25. The third kappa shape index (κ3) is 1.54. The molecule has 9 aromatic carbocycles. The Hall–Kier alpha value is -4.16. The highest BCUT2D eigenvalue weighted by molar-refractivity contribution is 6.51. The van der Waals surface area contributed by atoms with E-state index < -0.39 is 0 Å². The van der Waals surface area contributed by atoms with E-state index in [-0.39, 0.29) is 0 Å². The highest BCUT2D eigenvalue weighted by Crippen LogP contribution is 2.52. The van der Waals surface area contributed by atoms with Crippen LogP contribution in [0.4, 0.5) is 0 Å². The Kier molecular flexibility index (Phi) is 2.44. The van der Waals surface area contributed by atoms with Gasteiger partial charge < -0.3 is 0 Å². The molecule has 0 saturated carbocycles. The van der Waals surface area contributed by atoms with Crippen molar-refractivity contribution in [2.75, 3.05) is 0 Å². The van der Waals surface area contributed by atoms with Crippen LogP contribution in [-0.4, -0.2) is 0 Å². The van der Waals surface area contributed by atoms with Gasteiger partial charge in [0.2, 0.25) is 0 Å². The first-order valence-corrected chi connectivity index (χ1v) is 11.3. The van der Waals surface area contributed by atoms with Crippen molar-refractivity contribution in [2.45, 2.75) is 0 Å². The highest BCUT2D eigenvalue weighted by atomic mass is 14.3. The lowest BCUT2D eigenvalue weighted by atomic mass is 9.79. The van der Waals surface area contributed by atoms with Crippen molar-refractivity contribution >= 4 is 86.2 Å². The van der Waals surface area contributed by atoms with Crippen LogP contribution in [0.2, 0.25) is 0 Å². The van der Waals surface area contributed by atoms with Gasteiger partial charge in [0, 0.05) is 0 Å². The van der Waals surface area contributed by atoms with E-state index in [0.29, 0.717) is 0 Å².